The number of halogens is 1. The van der Waals surface area contributed by atoms with Gasteiger partial charge in [0.2, 0.25) is 0 Å². The summed E-state index contributed by atoms with van der Waals surface area (Å²) in [5.41, 5.74) is 1.42. The van der Waals surface area contributed by atoms with Crippen LogP contribution in [0.25, 0.3) is 0 Å². The summed E-state index contributed by atoms with van der Waals surface area (Å²) in [7, 11) is 0. The second kappa shape index (κ2) is 7.41. The molecule has 24 heavy (non-hydrogen) atoms. The molecule has 1 amide bonds. The smallest absolute Gasteiger partial charge is 0.410 e. The largest absolute Gasteiger partial charge is 0.444 e. The van der Waals surface area contributed by atoms with Crippen LogP contribution < -0.4 is 5.32 Å². The number of hydrogen-bond donors (Lipinski definition) is 1. The zero-order valence-corrected chi connectivity index (χ0v) is 15.4. The summed E-state index contributed by atoms with van der Waals surface area (Å²) in [5, 5.41) is 3.43. The van der Waals surface area contributed by atoms with E-state index in [0.29, 0.717) is 19.0 Å². The molecule has 0 saturated carbocycles. The van der Waals surface area contributed by atoms with Crippen molar-refractivity contribution in [3.8, 4) is 0 Å². The van der Waals surface area contributed by atoms with Crippen LogP contribution in [0.15, 0.2) is 18.2 Å². The highest BCUT2D eigenvalue weighted by molar-refractivity contribution is 5.68. The fraction of sp³-hybridized carbons (Fsp3) is 0.632. The van der Waals surface area contributed by atoms with Crippen LogP contribution in [0.1, 0.15) is 46.1 Å². The number of anilines is 1. The zero-order chi connectivity index (χ0) is 17.9. The van der Waals surface area contributed by atoms with Gasteiger partial charge in [-0.2, -0.15) is 0 Å². The predicted molar refractivity (Wildman–Crippen MR) is 94.8 cm³/mol. The molecule has 1 atom stereocenters. The second-order valence-electron chi connectivity index (χ2n) is 7.70. The van der Waals surface area contributed by atoms with E-state index in [9.17, 15) is 9.18 Å². The second-order valence-corrected chi connectivity index (χ2v) is 7.70. The van der Waals surface area contributed by atoms with Crippen molar-refractivity contribution in [2.45, 2.75) is 59.1 Å². The molecular weight excluding hydrogens is 307 g/mol. The van der Waals surface area contributed by atoms with Crippen molar-refractivity contribution in [2.75, 3.05) is 18.4 Å². The van der Waals surface area contributed by atoms with Crippen LogP contribution in [0.3, 0.4) is 0 Å². The van der Waals surface area contributed by atoms with Gasteiger partial charge in [-0.05, 0) is 71.1 Å². The summed E-state index contributed by atoms with van der Waals surface area (Å²) in [6.07, 6.45) is 1.60. The first-order valence-corrected chi connectivity index (χ1v) is 8.66. The molecule has 0 aliphatic carbocycles. The number of amides is 1. The molecule has 1 heterocycles. The zero-order valence-electron chi connectivity index (χ0n) is 15.4. The van der Waals surface area contributed by atoms with Gasteiger partial charge in [0.1, 0.15) is 11.4 Å². The van der Waals surface area contributed by atoms with Gasteiger partial charge in [0.15, 0.2) is 0 Å². The van der Waals surface area contributed by atoms with Crippen LogP contribution in [-0.4, -0.2) is 35.7 Å². The summed E-state index contributed by atoms with van der Waals surface area (Å²) in [6, 6.07) is 5.04. The molecule has 1 aliphatic heterocycles. The molecule has 0 spiro atoms. The number of aryl methyl sites for hydroxylation is 1. The lowest BCUT2D eigenvalue weighted by Gasteiger charge is -2.36. The van der Waals surface area contributed by atoms with Gasteiger partial charge in [-0.15, -0.1) is 0 Å². The number of likely N-dealkylation sites (tertiary alicyclic amines) is 1. The molecule has 1 aromatic carbocycles. The number of ether oxygens (including phenoxy) is 1. The topological polar surface area (TPSA) is 41.6 Å². The summed E-state index contributed by atoms with van der Waals surface area (Å²) >= 11 is 0. The quantitative estimate of drug-likeness (QED) is 0.878. The normalized spacial score (nSPS) is 17.5. The lowest BCUT2D eigenvalue weighted by Crippen LogP contribution is -2.44. The number of nitrogens with one attached hydrogen (secondary N) is 1. The van der Waals surface area contributed by atoms with Crippen LogP contribution in [0.2, 0.25) is 0 Å². The van der Waals surface area contributed by atoms with Gasteiger partial charge in [0.05, 0.1) is 0 Å². The van der Waals surface area contributed by atoms with E-state index in [-0.39, 0.29) is 18.0 Å². The molecule has 0 bridgehead atoms. The molecule has 1 aromatic rings. The van der Waals surface area contributed by atoms with E-state index in [2.05, 4.69) is 12.2 Å². The number of rotatable bonds is 3. The highest BCUT2D eigenvalue weighted by atomic mass is 19.1. The first-order valence-electron chi connectivity index (χ1n) is 8.66. The summed E-state index contributed by atoms with van der Waals surface area (Å²) in [5.74, 6) is 0.224. The van der Waals surface area contributed by atoms with E-state index < -0.39 is 5.60 Å². The molecule has 1 saturated heterocycles. The highest BCUT2D eigenvalue weighted by Gasteiger charge is 2.29. The van der Waals surface area contributed by atoms with Gasteiger partial charge < -0.3 is 15.0 Å². The lowest BCUT2D eigenvalue weighted by atomic mass is 9.90. The van der Waals surface area contributed by atoms with Crippen molar-refractivity contribution in [3.63, 3.8) is 0 Å². The number of piperidine rings is 1. The van der Waals surface area contributed by atoms with E-state index in [0.717, 1.165) is 24.1 Å². The van der Waals surface area contributed by atoms with E-state index in [1.807, 2.05) is 27.7 Å². The van der Waals surface area contributed by atoms with Gasteiger partial charge in [-0.1, -0.05) is 6.07 Å². The minimum atomic E-state index is -0.461. The minimum Gasteiger partial charge on any atom is -0.444 e. The highest BCUT2D eigenvalue weighted by Crippen LogP contribution is 2.26. The first-order chi connectivity index (χ1) is 11.2. The molecule has 1 aliphatic rings. The van der Waals surface area contributed by atoms with E-state index in [4.69, 9.17) is 4.74 Å². The Labute approximate surface area is 144 Å². The Morgan fingerprint density at radius 1 is 1.33 bits per heavy atom. The minimum absolute atomic E-state index is 0.227. The number of hydrogen-bond acceptors (Lipinski definition) is 3. The SMILES string of the molecule is Cc1ccc(F)cc1NC(C)C1CCN(C(=O)OC(C)(C)C)CC1. The van der Waals surface area contributed by atoms with E-state index in [1.165, 1.54) is 6.07 Å². The molecule has 4 nitrogen and oxygen atoms in total. The number of carbonyl (C=O) groups excluding carboxylic acids is 1. The molecule has 0 radical (unpaired) electrons. The molecule has 1 fully saturated rings. The number of nitrogens with zero attached hydrogens (tertiary/aromatic N) is 1. The summed E-state index contributed by atoms with van der Waals surface area (Å²) < 4.78 is 18.8. The Balaban J connectivity index is 1.87. The van der Waals surface area contributed by atoms with Gasteiger partial charge in [-0.25, -0.2) is 9.18 Å². The van der Waals surface area contributed by atoms with Crippen LogP contribution >= 0.6 is 0 Å². The van der Waals surface area contributed by atoms with Gasteiger partial charge >= 0.3 is 6.09 Å². The van der Waals surface area contributed by atoms with E-state index >= 15 is 0 Å². The maximum Gasteiger partial charge on any atom is 0.410 e. The molecule has 5 heteroatoms. The predicted octanol–water partition coefficient (Wildman–Crippen LogP) is 4.58. The van der Waals surface area contributed by atoms with Crippen molar-refractivity contribution in [3.05, 3.63) is 29.6 Å². The third-order valence-corrected chi connectivity index (χ3v) is 4.48. The third kappa shape index (κ3) is 5.11. The number of benzene rings is 1. The van der Waals surface area contributed by atoms with Crippen molar-refractivity contribution in [2.24, 2.45) is 5.92 Å². The maximum atomic E-state index is 13.4. The average molecular weight is 336 g/mol. The number of carbonyl (C=O) groups is 1. The molecule has 2 rings (SSSR count). The van der Waals surface area contributed by atoms with Crippen LogP contribution in [0.4, 0.5) is 14.9 Å². The molecule has 1 N–H and O–H groups in total. The Bertz CT molecular complexity index is 575. The van der Waals surface area contributed by atoms with Crippen molar-refractivity contribution < 1.29 is 13.9 Å². The van der Waals surface area contributed by atoms with Crippen LogP contribution in [-0.2, 0) is 4.74 Å². The fourth-order valence-electron chi connectivity index (χ4n) is 3.02. The van der Waals surface area contributed by atoms with Gasteiger partial charge in [0.25, 0.3) is 0 Å². The Morgan fingerprint density at radius 2 is 1.96 bits per heavy atom. The monoisotopic (exact) mass is 336 g/mol. The molecule has 0 aromatic heterocycles. The Kier molecular flexibility index (Phi) is 5.73. The average Bonchev–Trinajstić information content (AvgIpc) is 2.49. The third-order valence-electron chi connectivity index (χ3n) is 4.48. The molecule has 134 valence electrons. The maximum absolute atomic E-state index is 13.4. The summed E-state index contributed by atoms with van der Waals surface area (Å²) in [4.78, 5) is 13.9. The van der Waals surface area contributed by atoms with Gasteiger partial charge in [-0.3, -0.25) is 0 Å². The summed E-state index contributed by atoms with van der Waals surface area (Å²) in [6.45, 7) is 11.1. The fourth-order valence-corrected chi connectivity index (χ4v) is 3.02. The molecule has 1 unspecified atom stereocenters. The van der Waals surface area contributed by atoms with Gasteiger partial charge in [0, 0.05) is 24.8 Å². The van der Waals surface area contributed by atoms with Crippen LogP contribution in [0.5, 0.6) is 0 Å². The lowest BCUT2D eigenvalue weighted by molar-refractivity contribution is 0.0179. The van der Waals surface area contributed by atoms with E-state index in [1.54, 1.807) is 17.0 Å². The van der Waals surface area contributed by atoms with Crippen molar-refractivity contribution >= 4 is 11.8 Å². The van der Waals surface area contributed by atoms with Crippen LogP contribution in [0, 0.1) is 18.7 Å². The standard InChI is InChI=1S/C19H29FN2O2/c1-13-6-7-16(20)12-17(13)21-14(2)15-8-10-22(11-9-15)18(23)24-19(3,4)5/h6-7,12,14-15,21H,8-11H2,1-5H3. The van der Waals surface area contributed by atoms with Crippen molar-refractivity contribution in [1.82, 2.24) is 4.90 Å². The van der Waals surface area contributed by atoms with Crippen molar-refractivity contribution in [1.29, 1.82) is 0 Å². The first kappa shape index (κ1) is 18.6. The Morgan fingerprint density at radius 3 is 2.54 bits per heavy atom. The Hall–Kier alpha value is -1.78. The molecular formula is C19H29FN2O2.